The van der Waals surface area contributed by atoms with Gasteiger partial charge >= 0.3 is 0 Å². The zero-order valence-corrected chi connectivity index (χ0v) is 10.6. The van der Waals surface area contributed by atoms with Crippen LogP contribution in [0.3, 0.4) is 0 Å². The van der Waals surface area contributed by atoms with E-state index in [1.807, 2.05) is 36.4 Å². The third-order valence-corrected chi connectivity index (χ3v) is 2.06. The monoisotopic (exact) mass is 272 g/mol. The largest absolute Gasteiger partial charge is 0.453 e. The summed E-state index contributed by atoms with van der Waals surface area (Å²) >= 11 is 0. The summed E-state index contributed by atoms with van der Waals surface area (Å²) in [4.78, 5) is 0. The average molecular weight is 273 g/mol. The molecule has 17 heavy (non-hydrogen) atoms. The van der Waals surface area contributed by atoms with Crippen LogP contribution < -0.4 is 16.2 Å². The molecule has 0 amide bonds. The quantitative estimate of drug-likeness (QED) is 0.823. The molecule has 3 nitrogen and oxygen atoms in total. The minimum absolute atomic E-state index is 0. The Hall–Kier alpha value is -1.58. The molecule has 0 heterocycles. The second kappa shape index (κ2) is 6.89. The van der Waals surface area contributed by atoms with E-state index in [0.29, 0.717) is 22.9 Å². The van der Waals surface area contributed by atoms with E-state index in [9.17, 15) is 0 Å². The lowest BCUT2D eigenvalue weighted by Gasteiger charge is -2.09. The minimum Gasteiger partial charge on any atom is -0.453 e. The lowest BCUT2D eigenvalue weighted by molar-refractivity contribution is 0.487. The molecule has 0 saturated carbocycles. The van der Waals surface area contributed by atoms with E-state index < -0.39 is 0 Å². The van der Waals surface area contributed by atoms with E-state index in [1.54, 1.807) is 12.1 Å². The Balaban J connectivity index is 0.00000128. The van der Waals surface area contributed by atoms with Gasteiger partial charge in [-0.1, -0.05) is 24.3 Å². The van der Waals surface area contributed by atoms with Crippen molar-refractivity contribution in [1.82, 2.24) is 0 Å². The molecular formula is C12H14Cl2N2O. The topological polar surface area (TPSA) is 61.3 Å². The van der Waals surface area contributed by atoms with Crippen molar-refractivity contribution in [2.24, 2.45) is 0 Å². The molecule has 4 N–H and O–H groups in total. The van der Waals surface area contributed by atoms with Gasteiger partial charge in [-0.2, -0.15) is 0 Å². The number of nitrogen functional groups attached to an aromatic ring is 2. The van der Waals surface area contributed by atoms with Crippen molar-refractivity contribution in [2.45, 2.75) is 0 Å². The first-order valence-corrected chi connectivity index (χ1v) is 4.64. The summed E-state index contributed by atoms with van der Waals surface area (Å²) in [5.74, 6) is 1.24. The van der Waals surface area contributed by atoms with Crippen LogP contribution in [0.25, 0.3) is 0 Å². The van der Waals surface area contributed by atoms with Gasteiger partial charge in [0.1, 0.15) is 11.5 Å². The van der Waals surface area contributed by atoms with Crippen molar-refractivity contribution in [3.05, 3.63) is 48.5 Å². The number of hydrogen-bond acceptors (Lipinski definition) is 3. The lowest BCUT2D eigenvalue weighted by Crippen LogP contribution is -1.94. The Morgan fingerprint density at radius 1 is 0.647 bits per heavy atom. The van der Waals surface area contributed by atoms with Crippen LogP contribution in [0.5, 0.6) is 11.5 Å². The van der Waals surface area contributed by atoms with E-state index >= 15 is 0 Å². The summed E-state index contributed by atoms with van der Waals surface area (Å²) in [6.07, 6.45) is 0. The molecule has 2 aromatic rings. The Labute approximate surface area is 113 Å². The molecule has 0 bridgehead atoms. The van der Waals surface area contributed by atoms with Gasteiger partial charge < -0.3 is 16.2 Å². The van der Waals surface area contributed by atoms with Crippen molar-refractivity contribution in [1.29, 1.82) is 0 Å². The summed E-state index contributed by atoms with van der Waals surface area (Å²) in [5.41, 5.74) is 12.7. The number of para-hydroxylation sites is 4. The third kappa shape index (κ3) is 3.73. The molecule has 0 aliphatic heterocycles. The molecule has 92 valence electrons. The molecule has 0 saturated heterocycles. The van der Waals surface area contributed by atoms with Crippen LogP contribution in [-0.2, 0) is 0 Å². The molecule has 2 aromatic carbocycles. The standard InChI is InChI=1S/C12H12N2O.2ClH/c13-9-5-1-3-7-11(9)15-12-8-4-2-6-10(12)14;;/h1-8H,13-14H2;2*1H. The molecule has 5 heteroatoms. The van der Waals surface area contributed by atoms with Gasteiger partial charge in [0, 0.05) is 0 Å². The zero-order chi connectivity index (χ0) is 10.7. The Kier molecular flexibility index (Phi) is 6.25. The second-order valence-electron chi connectivity index (χ2n) is 3.18. The molecule has 0 fully saturated rings. The molecule has 0 atom stereocenters. The van der Waals surface area contributed by atoms with Crippen molar-refractivity contribution < 1.29 is 4.74 Å². The van der Waals surface area contributed by atoms with Gasteiger partial charge in [-0.25, -0.2) is 0 Å². The molecule has 0 unspecified atom stereocenters. The SMILES string of the molecule is Cl.Cl.Nc1ccccc1Oc1ccccc1N. The van der Waals surface area contributed by atoms with E-state index in [4.69, 9.17) is 16.2 Å². The van der Waals surface area contributed by atoms with Crippen LogP contribution in [0.15, 0.2) is 48.5 Å². The van der Waals surface area contributed by atoms with Crippen LogP contribution in [0.2, 0.25) is 0 Å². The average Bonchev–Trinajstić information content (AvgIpc) is 2.24. The fourth-order valence-corrected chi connectivity index (χ4v) is 1.27. The Morgan fingerprint density at radius 3 is 1.35 bits per heavy atom. The van der Waals surface area contributed by atoms with Crippen LogP contribution >= 0.6 is 24.8 Å². The molecule has 0 spiro atoms. The number of benzene rings is 2. The Bertz CT molecular complexity index is 434. The number of hydrogen-bond donors (Lipinski definition) is 2. The van der Waals surface area contributed by atoms with Crippen molar-refractivity contribution in [3.63, 3.8) is 0 Å². The molecular weight excluding hydrogens is 259 g/mol. The third-order valence-electron chi connectivity index (χ3n) is 2.06. The van der Waals surface area contributed by atoms with Crippen LogP contribution in [-0.4, -0.2) is 0 Å². The summed E-state index contributed by atoms with van der Waals surface area (Å²) in [7, 11) is 0. The molecule has 0 aliphatic carbocycles. The smallest absolute Gasteiger partial charge is 0.150 e. The molecule has 0 aliphatic rings. The van der Waals surface area contributed by atoms with Gasteiger partial charge in [0.05, 0.1) is 11.4 Å². The summed E-state index contributed by atoms with van der Waals surface area (Å²) < 4.78 is 5.59. The number of rotatable bonds is 2. The van der Waals surface area contributed by atoms with E-state index in [-0.39, 0.29) is 24.8 Å². The minimum atomic E-state index is 0. The number of anilines is 2. The fraction of sp³-hybridized carbons (Fsp3) is 0. The van der Waals surface area contributed by atoms with Crippen molar-refractivity contribution >= 4 is 36.2 Å². The fourth-order valence-electron chi connectivity index (χ4n) is 1.27. The van der Waals surface area contributed by atoms with Gasteiger partial charge in [-0.3, -0.25) is 0 Å². The summed E-state index contributed by atoms with van der Waals surface area (Å²) in [5, 5.41) is 0. The first-order valence-electron chi connectivity index (χ1n) is 4.64. The number of ether oxygens (including phenoxy) is 1. The highest BCUT2D eigenvalue weighted by Gasteiger charge is 2.02. The van der Waals surface area contributed by atoms with Gasteiger partial charge in [-0.15, -0.1) is 24.8 Å². The summed E-state index contributed by atoms with van der Waals surface area (Å²) in [6, 6.07) is 14.6. The van der Waals surface area contributed by atoms with Crippen molar-refractivity contribution in [2.75, 3.05) is 11.5 Å². The van der Waals surface area contributed by atoms with Crippen LogP contribution in [0, 0.1) is 0 Å². The maximum atomic E-state index is 5.75. The predicted molar refractivity (Wildman–Crippen MR) is 76.3 cm³/mol. The maximum Gasteiger partial charge on any atom is 0.150 e. The van der Waals surface area contributed by atoms with E-state index in [1.165, 1.54) is 0 Å². The van der Waals surface area contributed by atoms with Gasteiger partial charge in [0.2, 0.25) is 0 Å². The van der Waals surface area contributed by atoms with Crippen LogP contribution in [0.1, 0.15) is 0 Å². The highest BCUT2D eigenvalue weighted by Crippen LogP contribution is 2.30. The molecule has 0 aromatic heterocycles. The highest BCUT2D eigenvalue weighted by atomic mass is 35.5. The predicted octanol–water partition coefficient (Wildman–Crippen LogP) is 3.49. The van der Waals surface area contributed by atoms with Crippen molar-refractivity contribution in [3.8, 4) is 11.5 Å². The number of nitrogens with two attached hydrogens (primary N) is 2. The zero-order valence-electron chi connectivity index (χ0n) is 9.00. The van der Waals surface area contributed by atoms with E-state index in [0.717, 1.165) is 0 Å². The first-order chi connectivity index (χ1) is 7.27. The normalized spacial score (nSPS) is 8.71. The van der Waals surface area contributed by atoms with Crippen LogP contribution in [0.4, 0.5) is 11.4 Å². The summed E-state index contributed by atoms with van der Waals surface area (Å²) in [6.45, 7) is 0. The highest BCUT2D eigenvalue weighted by molar-refractivity contribution is 5.85. The molecule has 2 rings (SSSR count). The van der Waals surface area contributed by atoms with Gasteiger partial charge in [0.15, 0.2) is 0 Å². The van der Waals surface area contributed by atoms with E-state index in [2.05, 4.69) is 0 Å². The lowest BCUT2D eigenvalue weighted by atomic mass is 10.3. The van der Waals surface area contributed by atoms with Gasteiger partial charge in [0.25, 0.3) is 0 Å². The maximum absolute atomic E-state index is 5.75. The second-order valence-corrected chi connectivity index (χ2v) is 3.18. The molecule has 0 radical (unpaired) electrons. The Morgan fingerprint density at radius 2 is 1.00 bits per heavy atom. The first kappa shape index (κ1) is 15.4. The van der Waals surface area contributed by atoms with Gasteiger partial charge in [-0.05, 0) is 24.3 Å². The number of halogens is 2.